The molecule has 6 nitrogen and oxygen atoms in total. The summed E-state index contributed by atoms with van der Waals surface area (Å²) in [5, 5.41) is 14.7. The topological polar surface area (TPSA) is 78.9 Å². The number of rotatable bonds is 5. The van der Waals surface area contributed by atoms with Gasteiger partial charge >= 0.3 is 0 Å². The summed E-state index contributed by atoms with van der Waals surface area (Å²) in [7, 11) is 1.59. The predicted molar refractivity (Wildman–Crippen MR) is 135 cm³/mol. The zero-order chi connectivity index (χ0) is 24.0. The minimum absolute atomic E-state index is 0.242. The maximum absolute atomic E-state index is 13.7. The average molecular weight is 513 g/mol. The third-order valence-electron chi connectivity index (χ3n) is 5.84. The summed E-state index contributed by atoms with van der Waals surface area (Å²) in [5.74, 6) is -0.484. The van der Waals surface area contributed by atoms with Gasteiger partial charge < -0.3 is 15.2 Å². The van der Waals surface area contributed by atoms with Crippen molar-refractivity contribution < 1.29 is 19.4 Å². The third-order valence-corrected chi connectivity index (χ3v) is 7.57. The molecule has 0 radical (unpaired) electrons. The second kappa shape index (κ2) is 8.58. The van der Waals surface area contributed by atoms with Crippen LogP contribution in [0.3, 0.4) is 0 Å². The minimum atomic E-state index is -1.59. The fraction of sp³-hybridized carbons (Fsp3) is 0.120. The molecule has 0 saturated carbocycles. The van der Waals surface area contributed by atoms with Gasteiger partial charge in [0.2, 0.25) is 0 Å². The van der Waals surface area contributed by atoms with Crippen LogP contribution in [0, 0.1) is 0 Å². The van der Waals surface area contributed by atoms with E-state index in [0.29, 0.717) is 32.7 Å². The van der Waals surface area contributed by atoms with E-state index < -0.39 is 23.1 Å². The van der Waals surface area contributed by atoms with Crippen LogP contribution in [-0.2, 0) is 20.9 Å². The molecular weight excluding hydrogens is 495 g/mol. The number of nitrogens with one attached hydrogen (secondary N) is 1. The van der Waals surface area contributed by atoms with E-state index >= 15 is 0 Å². The molecule has 2 amide bonds. The van der Waals surface area contributed by atoms with Crippen molar-refractivity contribution in [1.82, 2.24) is 0 Å². The van der Waals surface area contributed by atoms with Crippen LogP contribution in [0.2, 0.25) is 10.0 Å². The first-order valence-corrected chi connectivity index (χ1v) is 12.0. The largest absolute Gasteiger partial charge is 0.502 e. The second-order valence-corrected chi connectivity index (χ2v) is 9.65. The number of aliphatic hydroxyl groups is 1. The number of hydrogen-bond acceptors (Lipinski definition) is 5. The van der Waals surface area contributed by atoms with E-state index in [-0.39, 0.29) is 4.91 Å². The Balaban J connectivity index is 1.65. The minimum Gasteiger partial charge on any atom is -0.502 e. The maximum Gasteiger partial charge on any atom is 0.295 e. The molecule has 5 rings (SSSR count). The van der Waals surface area contributed by atoms with Gasteiger partial charge in [-0.2, -0.15) is 0 Å². The summed E-state index contributed by atoms with van der Waals surface area (Å²) in [6.45, 7) is 0. The molecule has 34 heavy (non-hydrogen) atoms. The van der Waals surface area contributed by atoms with E-state index in [9.17, 15) is 14.7 Å². The first-order chi connectivity index (χ1) is 16.4. The van der Waals surface area contributed by atoms with Crippen molar-refractivity contribution in [1.29, 1.82) is 0 Å². The number of amides is 2. The standard InChI is InChI=1S/C25H18Cl2N2O4S/c1-33-18-8-5-14(6-9-18)13-34-22-21(30)23(31)29(17-4-2-3-15(26)11-17)25(22)19-10-7-16(27)12-20(19)28-24(25)32/h2-12,30H,13H2,1H3,(H,28,32). The van der Waals surface area contributed by atoms with Crippen LogP contribution in [0.5, 0.6) is 5.75 Å². The smallest absolute Gasteiger partial charge is 0.295 e. The van der Waals surface area contributed by atoms with Crippen molar-refractivity contribution in [3.63, 3.8) is 0 Å². The molecule has 9 heteroatoms. The van der Waals surface area contributed by atoms with Crippen molar-refractivity contribution in [3.8, 4) is 5.75 Å². The van der Waals surface area contributed by atoms with Crippen molar-refractivity contribution in [3.05, 3.63) is 98.6 Å². The molecule has 2 aliphatic heterocycles. The number of nitrogens with zero attached hydrogens (tertiary/aromatic N) is 1. The predicted octanol–water partition coefficient (Wildman–Crippen LogP) is 5.90. The van der Waals surface area contributed by atoms with Gasteiger partial charge in [0.1, 0.15) is 5.75 Å². The number of anilines is 2. The Morgan fingerprint density at radius 1 is 1.03 bits per heavy atom. The highest BCUT2D eigenvalue weighted by Crippen LogP contribution is 2.56. The van der Waals surface area contributed by atoms with Gasteiger partial charge in [-0.05, 0) is 48.0 Å². The van der Waals surface area contributed by atoms with Gasteiger partial charge in [0, 0.05) is 32.7 Å². The van der Waals surface area contributed by atoms with E-state index in [2.05, 4.69) is 5.32 Å². The highest BCUT2D eigenvalue weighted by Gasteiger charge is 2.62. The molecule has 2 aliphatic rings. The Kier molecular flexibility index (Phi) is 5.72. The number of methoxy groups -OCH3 is 1. The van der Waals surface area contributed by atoms with Crippen LogP contribution < -0.4 is 15.0 Å². The molecule has 3 aromatic rings. The molecule has 0 fully saturated rings. The van der Waals surface area contributed by atoms with Gasteiger partial charge in [-0.3, -0.25) is 14.5 Å². The molecule has 2 heterocycles. The van der Waals surface area contributed by atoms with Crippen LogP contribution in [0.4, 0.5) is 11.4 Å². The van der Waals surface area contributed by atoms with Crippen molar-refractivity contribution >= 4 is 58.2 Å². The molecule has 0 aliphatic carbocycles. The fourth-order valence-corrected chi connectivity index (χ4v) is 5.91. The molecular formula is C25H18Cl2N2O4S. The van der Waals surface area contributed by atoms with E-state index in [1.165, 1.54) is 16.7 Å². The van der Waals surface area contributed by atoms with E-state index in [1.54, 1.807) is 49.6 Å². The van der Waals surface area contributed by atoms with Gasteiger partial charge in [-0.1, -0.05) is 47.5 Å². The Labute approximate surface area is 210 Å². The average Bonchev–Trinajstić information content (AvgIpc) is 3.22. The number of ether oxygens (including phenoxy) is 1. The lowest BCUT2D eigenvalue weighted by atomic mass is 9.90. The number of hydrogen-bond donors (Lipinski definition) is 2. The van der Waals surface area contributed by atoms with Crippen molar-refractivity contribution in [2.24, 2.45) is 0 Å². The number of fused-ring (bicyclic) bond motifs is 2. The quantitative estimate of drug-likeness (QED) is 0.444. The molecule has 2 N–H and O–H groups in total. The van der Waals surface area contributed by atoms with E-state index in [1.807, 2.05) is 24.3 Å². The summed E-state index contributed by atoms with van der Waals surface area (Å²) < 4.78 is 5.21. The van der Waals surface area contributed by atoms with Crippen LogP contribution >= 0.6 is 35.0 Å². The Bertz CT molecular complexity index is 1360. The lowest BCUT2D eigenvalue weighted by molar-refractivity contribution is -0.123. The van der Waals surface area contributed by atoms with E-state index in [4.69, 9.17) is 27.9 Å². The maximum atomic E-state index is 13.7. The molecule has 172 valence electrons. The number of aliphatic hydroxyl groups excluding tert-OH is 1. The van der Waals surface area contributed by atoms with Gasteiger partial charge in [0.05, 0.1) is 12.0 Å². The molecule has 1 spiro atoms. The van der Waals surface area contributed by atoms with Crippen LogP contribution in [0.25, 0.3) is 0 Å². The molecule has 0 aromatic heterocycles. The summed E-state index contributed by atoms with van der Waals surface area (Å²) in [5.41, 5.74) is 0.737. The normalized spacial score (nSPS) is 19.1. The summed E-state index contributed by atoms with van der Waals surface area (Å²) >= 11 is 13.6. The Hall–Kier alpha value is -3.13. The lowest BCUT2D eigenvalue weighted by Gasteiger charge is -2.35. The number of benzene rings is 3. The second-order valence-electron chi connectivity index (χ2n) is 7.79. The van der Waals surface area contributed by atoms with Gasteiger partial charge in [0.15, 0.2) is 11.3 Å². The number of carbonyl (C=O) groups is 2. The fourth-order valence-electron chi connectivity index (χ4n) is 4.32. The molecule has 1 atom stereocenters. The number of thioether (sulfide) groups is 1. The highest BCUT2D eigenvalue weighted by atomic mass is 35.5. The summed E-state index contributed by atoms with van der Waals surface area (Å²) in [6, 6.07) is 19.1. The van der Waals surface area contributed by atoms with E-state index in [0.717, 1.165) is 11.3 Å². The Morgan fingerprint density at radius 2 is 1.76 bits per heavy atom. The number of carbonyl (C=O) groups excluding carboxylic acids is 2. The monoisotopic (exact) mass is 512 g/mol. The van der Waals surface area contributed by atoms with Crippen LogP contribution in [0.1, 0.15) is 11.1 Å². The first-order valence-electron chi connectivity index (χ1n) is 10.3. The summed E-state index contributed by atoms with van der Waals surface area (Å²) in [4.78, 5) is 28.7. The zero-order valence-corrected chi connectivity index (χ0v) is 20.2. The SMILES string of the molecule is COc1ccc(CSC2=C(O)C(=O)N(c3cccc(Cl)c3)C23C(=O)Nc2cc(Cl)ccc23)cc1. The zero-order valence-electron chi connectivity index (χ0n) is 17.8. The molecule has 1 unspecified atom stereocenters. The number of halogens is 2. The van der Waals surface area contributed by atoms with Crippen molar-refractivity contribution in [2.75, 3.05) is 17.3 Å². The molecule has 0 bridgehead atoms. The lowest BCUT2D eigenvalue weighted by Crippen LogP contribution is -2.50. The van der Waals surface area contributed by atoms with Gasteiger partial charge in [-0.15, -0.1) is 11.8 Å². The van der Waals surface area contributed by atoms with Crippen molar-refractivity contribution in [2.45, 2.75) is 11.3 Å². The highest BCUT2D eigenvalue weighted by molar-refractivity contribution is 8.02. The third kappa shape index (κ3) is 3.43. The molecule has 3 aromatic carbocycles. The summed E-state index contributed by atoms with van der Waals surface area (Å²) in [6.07, 6.45) is 0. The molecule has 0 saturated heterocycles. The van der Waals surface area contributed by atoms with Crippen LogP contribution in [-0.4, -0.2) is 24.0 Å². The van der Waals surface area contributed by atoms with Gasteiger partial charge in [-0.25, -0.2) is 0 Å². The van der Waals surface area contributed by atoms with Gasteiger partial charge in [0.25, 0.3) is 11.8 Å². The van der Waals surface area contributed by atoms with Crippen LogP contribution in [0.15, 0.2) is 77.4 Å². The Morgan fingerprint density at radius 3 is 2.47 bits per heavy atom. The first kappa shape index (κ1) is 22.7.